The smallest absolute Gasteiger partial charge is 0.303 e. The fraction of sp³-hybridized carbons (Fsp3) is 0.455. The number of benzene rings is 2. The monoisotopic (exact) mass is 524 g/mol. The molecule has 0 N–H and O–H groups in total. The Kier molecular flexibility index (Phi) is 6.11. The van der Waals surface area contributed by atoms with Gasteiger partial charge in [0, 0.05) is 44.1 Å². The number of ether oxygens (including phenoxy) is 2. The normalized spacial score (nSPS) is 29.8. The lowest BCUT2D eigenvalue weighted by Crippen LogP contribution is -2.79. The van der Waals surface area contributed by atoms with Crippen molar-refractivity contribution in [3.63, 3.8) is 0 Å². The first kappa shape index (κ1) is 25.7. The van der Waals surface area contributed by atoms with Gasteiger partial charge in [-0.15, -0.1) is 6.58 Å². The van der Waals surface area contributed by atoms with Gasteiger partial charge >= 0.3 is 5.97 Å². The highest BCUT2D eigenvalue weighted by Crippen LogP contribution is 2.65. The Bertz CT molecular complexity index is 1440. The average molecular weight is 525 g/mol. The van der Waals surface area contributed by atoms with Crippen LogP contribution in [0.3, 0.4) is 0 Å². The van der Waals surface area contributed by atoms with Crippen LogP contribution >= 0.6 is 0 Å². The minimum Gasteiger partial charge on any atom is -0.487 e. The Morgan fingerprint density at radius 3 is 2.79 bits per heavy atom. The number of hydrogen-bond donors (Lipinski definition) is 0. The minimum atomic E-state index is -0.726. The van der Waals surface area contributed by atoms with Crippen molar-refractivity contribution in [2.75, 3.05) is 20.1 Å². The van der Waals surface area contributed by atoms with Crippen LogP contribution in [0.15, 0.2) is 49.1 Å². The lowest BCUT2D eigenvalue weighted by molar-refractivity contribution is -0.222. The molecular weight excluding hydrogens is 488 g/mol. The minimum absolute atomic E-state index is 0.0200. The maximum absolute atomic E-state index is 13.4. The molecule has 39 heavy (non-hydrogen) atoms. The number of hydrogen-bond acceptors (Lipinski definition) is 5. The largest absolute Gasteiger partial charge is 0.487 e. The molecule has 0 aromatic heterocycles. The van der Waals surface area contributed by atoms with Crippen molar-refractivity contribution in [1.29, 1.82) is 0 Å². The van der Waals surface area contributed by atoms with E-state index in [1.807, 2.05) is 50.4 Å². The average Bonchev–Trinajstić information content (AvgIpc) is 3.25. The molecule has 202 valence electrons. The molecule has 0 unspecified atom stereocenters. The molecule has 1 saturated carbocycles. The summed E-state index contributed by atoms with van der Waals surface area (Å²) < 4.78 is 13.3. The van der Waals surface area contributed by atoms with Crippen LogP contribution in [0.4, 0.5) is 0 Å². The molecule has 1 saturated heterocycles. The first-order valence-electron chi connectivity index (χ1n) is 13.9. The summed E-state index contributed by atoms with van der Waals surface area (Å²) in [5.41, 5.74) is 4.36. The molecule has 6 rings (SSSR count). The van der Waals surface area contributed by atoms with E-state index in [2.05, 4.69) is 36.3 Å². The molecule has 1 spiro atoms. The fourth-order valence-electron chi connectivity index (χ4n) is 7.97. The molecule has 2 aliphatic carbocycles. The molecule has 2 fully saturated rings. The van der Waals surface area contributed by atoms with E-state index in [0.29, 0.717) is 12.8 Å². The van der Waals surface area contributed by atoms with Gasteiger partial charge in [0.05, 0.1) is 17.5 Å². The van der Waals surface area contributed by atoms with Crippen LogP contribution in [0.5, 0.6) is 5.75 Å². The van der Waals surface area contributed by atoms with Crippen LogP contribution in [0.25, 0.3) is 0 Å². The van der Waals surface area contributed by atoms with E-state index in [4.69, 9.17) is 9.47 Å². The summed E-state index contributed by atoms with van der Waals surface area (Å²) in [4.78, 5) is 30.3. The van der Waals surface area contributed by atoms with Gasteiger partial charge in [-0.3, -0.25) is 14.5 Å². The SMILES string of the molecule is C=CCN1CC[C@]23c4c5cccc4O[C@H]2[C@@H](N(C)C(=O)C#Cc2ccc(C)c(C)c2)CC[C@@]3(OC(C)=O)[C@H]1C5. The molecule has 0 radical (unpaired) electrons. The molecule has 2 aromatic rings. The second-order valence-corrected chi connectivity index (χ2v) is 11.6. The van der Waals surface area contributed by atoms with E-state index in [-0.39, 0.29) is 30.1 Å². The first-order valence-corrected chi connectivity index (χ1v) is 13.9. The fourth-order valence-corrected chi connectivity index (χ4v) is 7.97. The maximum atomic E-state index is 13.4. The number of amides is 1. The molecule has 1 amide bonds. The Morgan fingerprint density at radius 1 is 1.23 bits per heavy atom. The molecule has 4 aliphatic rings. The summed E-state index contributed by atoms with van der Waals surface area (Å²) >= 11 is 0. The van der Waals surface area contributed by atoms with Gasteiger partial charge in [-0.05, 0) is 74.4 Å². The zero-order chi connectivity index (χ0) is 27.5. The van der Waals surface area contributed by atoms with Crippen LogP contribution in [-0.2, 0) is 26.2 Å². The number of nitrogens with zero attached hydrogens (tertiary/aromatic N) is 2. The summed E-state index contributed by atoms with van der Waals surface area (Å²) in [6, 6.07) is 12.1. The number of piperidine rings is 1. The molecule has 2 aromatic carbocycles. The quantitative estimate of drug-likeness (QED) is 0.343. The summed E-state index contributed by atoms with van der Waals surface area (Å²) in [6.45, 7) is 11.2. The second-order valence-electron chi connectivity index (χ2n) is 11.6. The van der Waals surface area contributed by atoms with Crippen LogP contribution in [0, 0.1) is 25.7 Å². The molecule has 6 nitrogen and oxygen atoms in total. The Balaban J connectivity index is 1.41. The van der Waals surface area contributed by atoms with Gasteiger partial charge in [0.15, 0.2) is 0 Å². The van der Waals surface area contributed by atoms with Gasteiger partial charge in [0.2, 0.25) is 0 Å². The number of likely N-dealkylation sites (tertiary alicyclic amines) is 1. The Hall–Kier alpha value is -3.56. The standard InChI is InChI=1S/C33H36N2O4/c1-6-17-35-18-16-32-30-25-8-7-9-27(30)38-31(32)26(14-15-33(32,28(35)20-25)39-23(4)36)34(5)29(37)13-12-24-11-10-21(2)22(3)19-24/h6-11,19,26,28,31H,1,14-18,20H2,2-5H3/t26-,28+,31-,32-,33+/m0/s1. The Morgan fingerprint density at radius 2 is 2.05 bits per heavy atom. The molecule has 2 heterocycles. The summed E-state index contributed by atoms with van der Waals surface area (Å²) in [6.07, 6.45) is 4.50. The number of likely N-dealkylation sites (N-methyl/N-ethyl adjacent to an activating group) is 1. The van der Waals surface area contributed by atoms with Gasteiger partial charge in [-0.1, -0.05) is 30.2 Å². The van der Waals surface area contributed by atoms with Crippen molar-refractivity contribution in [3.05, 3.63) is 76.9 Å². The van der Waals surface area contributed by atoms with Crippen molar-refractivity contribution >= 4 is 11.9 Å². The zero-order valence-electron chi connectivity index (χ0n) is 23.3. The third-order valence-electron chi connectivity index (χ3n) is 9.73. The topological polar surface area (TPSA) is 59.1 Å². The molecular formula is C33H36N2O4. The first-order chi connectivity index (χ1) is 18.7. The van der Waals surface area contributed by atoms with E-state index in [0.717, 1.165) is 42.8 Å². The van der Waals surface area contributed by atoms with E-state index in [1.54, 1.807) is 4.90 Å². The number of esters is 1. The van der Waals surface area contributed by atoms with Crippen LogP contribution in [-0.4, -0.2) is 65.6 Å². The Labute approximate surface area is 231 Å². The lowest BCUT2D eigenvalue weighted by atomic mass is 9.48. The van der Waals surface area contributed by atoms with E-state index in [1.165, 1.54) is 23.6 Å². The van der Waals surface area contributed by atoms with Crippen molar-refractivity contribution in [2.24, 2.45) is 0 Å². The predicted molar refractivity (Wildman–Crippen MR) is 149 cm³/mol. The van der Waals surface area contributed by atoms with Crippen LogP contribution in [0.2, 0.25) is 0 Å². The number of rotatable bonds is 4. The highest BCUT2D eigenvalue weighted by Gasteiger charge is 2.75. The molecule has 5 atom stereocenters. The van der Waals surface area contributed by atoms with Crippen molar-refractivity contribution in [1.82, 2.24) is 9.80 Å². The van der Waals surface area contributed by atoms with Crippen molar-refractivity contribution in [2.45, 2.75) is 75.7 Å². The molecule has 2 aliphatic heterocycles. The van der Waals surface area contributed by atoms with Gasteiger partial charge < -0.3 is 14.4 Å². The molecule has 6 heteroatoms. The van der Waals surface area contributed by atoms with Gasteiger partial charge in [0.1, 0.15) is 17.5 Å². The van der Waals surface area contributed by atoms with Crippen LogP contribution < -0.4 is 4.74 Å². The van der Waals surface area contributed by atoms with Crippen molar-refractivity contribution in [3.8, 4) is 17.6 Å². The second kappa shape index (κ2) is 9.27. The maximum Gasteiger partial charge on any atom is 0.303 e. The van der Waals surface area contributed by atoms with E-state index >= 15 is 0 Å². The van der Waals surface area contributed by atoms with Gasteiger partial charge in [-0.2, -0.15) is 0 Å². The van der Waals surface area contributed by atoms with E-state index in [9.17, 15) is 9.59 Å². The van der Waals surface area contributed by atoms with Crippen LogP contribution in [0.1, 0.15) is 54.0 Å². The number of carbonyl (C=O) groups is 2. The van der Waals surface area contributed by atoms with Gasteiger partial charge in [0.25, 0.3) is 5.91 Å². The third kappa shape index (κ3) is 3.67. The highest BCUT2D eigenvalue weighted by atomic mass is 16.6. The number of aryl methyl sites for hydroxylation is 2. The van der Waals surface area contributed by atoms with E-state index < -0.39 is 11.0 Å². The number of carbonyl (C=O) groups excluding carboxylic acids is 2. The summed E-state index contributed by atoms with van der Waals surface area (Å²) in [7, 11) is 1.83. The lowest BCUT2D eigenvalue weighted by Gasteiger charge is -2.65. The predicted octanol–water partition coefficient (Wildman–Crippen LogP) is 4.09. The van der Waals surface area contributed by atoms with Gasteiger partial charge in [-0.25, -0.2) is 0 Å². The highest BCUT2D eigenvalue weighted by molar-refractivity contribution is 5.94. The summed E-state index contributed by atoms with van der Waals surface area (Å²) in [5, 5.41) is 0. The third-order valence-corrected chi connectivity index (χ3v) is 9.73. The zero-order valence-corrected chi connectivity index (χ0v) is 23.3. The van der Waals surface area contributed by atoms with Crippen molar-refractivity contribution < 1.29 is 19.1 Å². The molecule has 2 bridgehead atoms. The summed E-state index contributed by atoms with van der Waals surface area (Å²) in [5.74, 6) is 6.30.